The molecular weight excluding hydrogens is 439 g/mol. The lowest BCUT2D eigenvalue weighted by Gasteiger charge is -2.13. The lowest BCUT2D eigenvalue weighted by Crippen LogP contribution is -2.39. The summed E-state index contributed by atoms with van der Waals surface area (Å²) in [6.07, 6.45) is 2.55. The molecule has 2 N–H and O–H groups in total. The second-order valence-electron chi connectivity index (χ2n) is 5.58. The number of guanidine groups is 1. The third-order valence-corrected chi connectivity index (χ3v) is 4.71. The summed E-state index contributed by atoms with van der Waals surface area (Å²) in [5.41, 5.74) is 1.10. The van der Waals surface area contributed by atoms with Crippen LogP contribution < -0.4 is 10.6 Å². The lowest BCUT2D eigenvalue weighted by atomic mass is 10.2. The second-order valence-corrected chi connectivity index (χ2v) is 6.87. The molecule has 0 aliphatic carbocycles. The average Bonchev–Trinajstić information content (AvgIpc) is 3.15. The maximum atomic E-state index is 5.65. The number of nitrogens with zero attached hydrogens (tertiary/aromatic N) is 2. The molecule has 0 radical (unpaired) electrons. The molecule has 1 unspecified atom stereocenters. The van der Waals surface area contributed by atoms with E-state index in [2.05, 4.69) is 34.5 Å². The summed E-state index contributed by atoms with van der Waals surface area (Å²) < 4.78 is 11.2. The summed E-state index contributed by atoms with van der Waals surface area (Å²) >= 11 is 1.71. The van der Waals surface area contributed by atoms with Crippen LogP contribution in [0.1, 0.15) is 35.3 Å². The highest BCUT2D eigenvalue weighted by molar-refractivity contribution is 14.0. The van der Waals surface area contributed by atoms with Gasteiger partial charge in [-0.2, -0.15) is 0 Å². The van der Waals surface area contributed by atoms with Crippen molar-refractivity contribution in [3.05, 3.63) is 15.6 Å². The average molecular weight is 468 g/mol. The normalized spacial score (nSPS) is 17.6. The molecule has 1 aromatic heterocycles. The first-order chi connectivity index (χ1) is 11.2. The monoisotopic (exact) mass is 468 g/mol. The molecule has 1 aromatic rings. The first-order valence-electron chi connectivity index (χ1n) is 8.33. The minimum atomic E-state index is 0. The summed E-state index contributed by atoms with van der Waals surface area (Å²) in [6.45, 7) is 10.6. The van der Waals surface area contributed by atoms with E-state index in [0.717, 1.165) is 49.2 Å². The highest BCUT2D eigenvalue weighted by Crippen LogP contribution is 2.16. The van der Waals surface area contributed by atoms with Gasteiger partial charge in [0.25, 0.3) is 0 Å². The number of thiazole rings is 1. The Bertz CT molecular complexity index is 485. The van der Waals surface area contributed by atoms with Crippen molar-refractivity contribution in [3.63, 3.8) is 0 Å². The number of hydrogen-bond donors (Lipinski definition) is 2. The molecule has 1 fully saturated rings. The standard InChI is InChI=1S/C16H28N4O2S.HI/c1-4-17-16(19-10-15-20-12(2)13(3)23-15)18-7-9-21-11-14-6-5-8-22-14;/h14H,4-11H2,1-3H3,(H2,17,18,19);1H. The number of ether oxygens (including phenoxy) is 2. The molecule has 138 valence electrons. The van der Waals surface area contributed by atoms with E-state index in [-0.39, 0.29) is 30.1 Å². The van der Waals surface area contributed by atoms with Gasteiger partial charge in [0.15, 0.2) is 5.96 Å². The van der Waals surface area contributed by atoms with Crippen molar-refractivity contribution in [2.75, 3.05) is 32.9 Å². The minimum absolute atomic E-state index is 0. The Morgan fingerprint density at radius 2 is 2.25 bits per heavy atom. The van der Waals surface area contributed by atoms with Gasteiger partial charge in [-0.25, -0.2) is 9.98 Å². The summed E-state index contributed by atoms with van der Waals surface area (Å²) in [5, 5.41) is 7.58. The molecule has 6 nitrogen and oxygen atoms in total. The molecule has 2 rings (SSSR count). The number of aromatic nitrogens is 1. The maximum absolute atomic E-state index is 5.65. The molecule has 0 spiro atoms. The van der Waals surface area contributed by atoms with Gasteiger partial charge in [0.05, 0.1) is 31.6 Å². The van der Waals surface area contributed by atoms with E-state index in [1.165, 1.54) is 4.88 Å². The van der Waals surface area contributed by atoms with E-state index in [0.29, 0.717) is 19.8 Å². The molecule has 0 aromatic carbocycles. The predicted octanol–water partition coefficient (Wildman–Crippen LogP) is 2.63. The van der Waals surface area contributed by atoms with Gasteiger partial charge in [-0.1, -0.05) is 0 Å². The molecule has 0 bridgehead atoms. The molecule has 1 aliphatic rings. The Balaban J connectivity index is 0.00000288. The molecule has 1 aliphatic heterocycles. The van der Waals surface area contributed by atoms with Crippen LogP contribution in [-0.2, 0) is 16.0 Å². The smallest absolute Gasteiger partial charge is 0.191 e. The van der Waals surface area contributed by atoms with Crippen molar-refractivity contribution < 1.29 is 9.47 Å². The van der Waals surface area contributed by atoms with Crippen molar-refractivity contribution >= 4 is 41.3 Å². The molecule has 0 amide bonds. The number of halogens is 1. The number of hydrogen-bond acceptors (Lipinski definition) is 5. The Hall–Kier alpha value is -0.450. The van der Waals surface area contributed by atoms with Gasteiger partial charge in [-0.3, -0.25) is 0 Å². The van der Waals surface area contributed by atoms with Crippen LogP contribution >= 0.6 is 35.3 Å². The van der Waals surface area contributed by atoms with Crippen LogP contribution in [0.4, 0.5) is 0 Å². The van der Waals surface area contributed by atoms with E-state index in [4.69, 9.17) is 9.47 Å². The van der Waals surface area contributed by atoms with Crippen LogP contribution in [0.3, 0.4) is 0 Å². The van der Waals surface area contributed by atoms with E-state index < -0.39 is 0 Å². The Morgan fingerprint density at radius 1 is 1.42 bits per heavy atom. The molecule has 1 saturated heterocycles. The predicted molar refractivity (Wildman–Crippen MR) is 110 cm³/mol. The van der Waals surface area contributed by atoms with Crippen LogP contribution in [0, 0.1) is 13.8 Å². The summed E-state index contributed by atoms with van der Waals surface area (Å²) in [6, 6.07) is 0. The molecule has 0 saturated carbocycles. The Kier molecular flexibility index (Phi) is 10.8. The largest absolute Gasteiger partial charge is 0.377 e. The van der Waals surface area contributed by atoms with E-state index in [1.54, 1.807) is 11.3 Å². The zero-order valence-corrected chi connectivity index (χ0v) is 17.9. The van der Waals surface area contributed by atoms with Crippen LogP contribution in [-0.4, -0.2) is 50.0 Å². The zero-order chi connectivity index (χ0) is 16.5. The molecular formula is C16H29IN4O2S. The number of aliphatic imine (C=N–C) groups is 1. The third-order valence-electron chi connectivity index (χ3n) is 3.66. The fourth-order valence-electron chi connectivity index (χ4n) is 2.33. The van der Waals surface area contributed by atoms with Crippen LogP contribution in [0.15, 0.2) is 4.99 Å². The Morgan fingerprint density at radius 3 is 2.88 bits per heavy atom. The van der Waals surface area contributed by atoms with E-state index >= 15 is 0 Å². The third kappa shape index (κ3) is 7.62. The van der Waals surface area contributed by atoms with Gasteiger partial charge in [0.1, 0.15) is 5.01 Å². The Labute approximate surface area is 165 Å². The molecule has 24 heavy (non-hydrogen) atoms. The molecule has 1 atom stereocenters. The molecule has 8 heteroatoms. The van der Waals surface area contributed by atoms with Crippen molar-refractivity contribution in [2.45, 2.75) is 46.3 Å². The van der Waals surface area contributed by atoms with Crippen molar-refractivity contribution in [1.29, 1.82) is 0 Å². The SMILES string of the molecule is CCNC(=NCc1nc(C)c(C)s1)NCCOCC1CCCO1.I. The number of rotatable bonds is 8. The fourth-order valence-corrected chi connectivity index (χ4v) is 3.19. The van der Waals surface area contributed by atoms with Gasteiger partial charge in [-0.05, 0) is 33.6 Å². The first kappa shape index (κ1) is 21.6. The summed E-state index contributed by atoms with van der Waals surface area (Å²) in [4.78, 5) is 10.3. The van der Waals surface area contributed by atoms with Gasteiger partial charge in [0.2, 0.25) is 0 Å². The first-order valence-corrected chi connectivity index (χ1v) is 9.15. The van der Waals surface area contributed by atoms with Crippen LogP contribution in [0.2, 0.25) is 0 Å². The lowest BCUT2D eigenvalue weighted by molar-refractivity contribution is 0.0191. The highest BCUT2D eigenvalue weighted by Gasteiger charge is 2.14. The topological polar surface area (TPSA) is 67.8 Å². The zero-order valence-electron chi connectivity index (χ0n) is 14.8. The van der Waals surface area contributed by atoms with Gasteiger partial charge >= 0.3 is 0 Å². The quantitative estimate of drug-likeness (QED) is 0.266. The second kappa shape index (κ2) is 12.0. The highest BCUT2D eigenvalue weighted by atomic mass is 127. The van der Waals surface area contributed by atoms with Crippen LogP contribution in [0.5, 0.6) is 0 Å². The fraction of sp³-hybridized carbons (Fsp3) is 0.750. The van der Waals surface area contributed by atoms with Crippen molar-refractivity contribution in [1.82, 2.24) is 15.6 Å². The van der Waals surface area contributed by atoms with Crippen LogP contribution in [0.25, 0.3) is 0 Å². The maximum Gasteiger partial charge on any atom is 0.191 e. The summed E-state index contributed by atoms with van der Waals surface area (Å²) in [7, 11) is 0. The van der Waals surface area contributed by atoms with Gasteiger partial charge in [-0.15, -0.1) is 35.3 Å². The molecule has 2 heterocycles. The van der Waals surface area contributed by atoms with Gasteiger partial charge < -0.3 is 20.1 Å². The minimum Gasteiger partial charge on any atom is -0.377 e. The van der Waals surface area contributed by atoms with Gasteiger partial charge in [0, 0.05) is 24.6 Å². The van der Waals surface area contributed by atoms with E-state index in [9.17, 15) is 0 Å². The van der Waals surface area contributed by atoms with Crippen molar-refractivity contribution in [2.24, 2.45) is 4.99 Å². The number of nitrogens with one attached hydrogen (secondary N) is 2. The van der Waals surface area contributed by atoms with E-state index in [1.807, 2.05) is 6.92 Å². The van der Waals surface area contributed by atoms with Crippen molar-refractivity contribution in [3.8, 4) is 0 Å². The summed E-state index contributed by atoms with van der Waals surface area (Å²) in [5.74, 6) is 0.804. The number of aryl methyl sites for hydroxylation is 2.